The van der Waals surface area contributed by atoms with E-state index in [4.69, 9.17) is 0 Å². The smallest absolute Gasteiger partial charge is 0.271 e. The Hall–Kier alpha value is -1.42. The van der Waals surface area contributed by atoms with Gasteiger partial charge in [-0.3, -0.25) is 4.79 Å². The van der Waals surface area contributed by atoms with E-state index in [0.717, 1.165) is 31.6 Å². The molecule has 0 atom stereocenters. The molecule has 1 aromatic heterocycles. The molecule has 1 saturated heterocycles. The van der Waals surface area contributed by atoms with E-state index in [2.05, 4.69) is 10.3 Å². The second-order valence-corrected chi connectivity index (χ2v) is 4.67. The fourth-order valence-electron chi connectivity index (χ4n) is 2.14. The summed E-state index contributed by atoms with van der Waals surface area (Å²) < 4.78 is 0. The van der Waals surface area contributed by atoms with Crippen molar-refractivity contribution in [3.05, 3.63) is 29.6 Å². The molecular weight excluding hydrogens is 214 g/mol. The van der Waals surface area contributed by atoms with E-state index in [9.17, 15) is 4.79 Å². The molecule has 0 bridgehead atoms. The van der Waals surface area contributed by atoms with E-state index in [0.29, 0.717) is 11.6 Å². The molecule has 17 heavy (non-hydrogen) atoms. The molecule has 4 heteroatoms. The lowest BCUT2D eigenvalue weighted by Crippen LogP contribution is -2.28. The predicted octanol–water partition coefficient (Wildman–Crippen LogP) is 1.25. The van der Waals surface area contributed by atoms with Crippen LogP contribution in [0, 0.1) is 0 Å². The Morgan fingerprint density at radius 1 is 1.35 bits per heavy atom. The van der Waals surface area contributed by atoms with E-state index in [1.54, 1.807) is 25.1 Å². The van der Waals surface area contributed by atoms with Crippen LogP contribution in [0.1, 0.15) is 34.9 Å². The maximum Gasteiger partial charge on any atom is 0.271 e. The molecule has 1 aliphatic heterocycles. The Morgan fingerprint density at radius 2 is 2.06 bits per heavy atom. The first-order chi connectivity index (χ1) is 8.18. The second kappa shape index (κ2) is 5.27. The van der Waals surface area contributed by atoms with Gasteiger partial charge in [-0.25, -0.2) is 4.98 Å². The normalized spacial score (nSPS) is 16.8. The molecule has 0 aliphatic carbocycles. The highest BCUT2D eigenvalue weighted by molar-refractivity contribution is 5.91. The molecular formula is C13H19N3O. The monoisotopic (exact) mass is 233 g/mol. The van der Waals surface area contributed by atoms with Crippen molar-refractivity contribution in [2.75, 3.05) is 27.2 Å². The van der Waals surface area contributed by atoms with Crippen molar-refractivity contribution < 1.29 is 4.79 Å². The lowest BCUT2D eigenvalue weighted by molar-refractivity contribution is 0.0821. The van der Waals surface area contributed by atoms with E-state index < -0.39 is 0 Å². The van der Waals surface area contributed by atoms with Crippen LogP contribution in [-0.4, -0.2) is 43.0 Å². The number of hydrogen-bond donors (Lipinski definition) is 1. The third kappa shape index (κ3) is 2.82. The van der Waals surface area contributed by atoms with Crippen LogP contribution in [0.15, 0.2) is 18.2 Å². The number of amides is 1. The van der Waals surface area contributed by atoms with E-state index >= 15 is 0 Å². The molecule has 0 saturated carbocycles. The summed E-state index contributed by atoms with van der Waals surface area (Å²) in [6.45, 7) is 2.08. The van der Waals surface area contributed by atoms with Crippen LogP contribution >= 0.6 is 0 Å². The average Bonchev–Trinajstić information content (AvgIpc) is 2.39. The minimum atomic E-state index is -0.0271. The van der Waals surface area contributed by atoms with Crippen LogP contribution in [0.3, 0.4) is 0 Å². The highest BCUT2D eigenvalue weighted by Gasteiger charge is 2.18. The van der Waals surface area contributed by atoms with Gasteiger partial charge in [0.05, 0.1) is 0 Å². The number of rotatable bonds is 2. The van der Waals surface area contributed by atoms with Crippen LogP contribution in [0.2, 0.25) is 0 Å². The molecule has 92 valence electrons. The molecule has 1 N–H and O–H groups in total. The summed E-state index contributed by atoms with van der Waals surface area (Å²) >= 11 is 0. The van der Waals surface area contributed by atoms with Gasteiger partial charge in [-0.05, 0) is 38.1 Å². The zero-order valence-corrected chi connectivity index (χ0v) is 10.4. The zero-order chi connectivity index (χ0) is 12.3. The first-order valence-electron chi connectivity index (χ1n) is 6.08. The maximum atomic E-state index is 11.8. The van der Waals surface area contributed by atoms with E-state index in [-0.39, 0.29) is 5.91 Å². The van der Waals surface area contributed by atoms with E-state index in [1.807, 2.05) is 12.1 Å². The highest BCUT2D eigenvalue weighted by atomic mass is 16.2. The molecule has 0 unspecified atom stereocenters. The minimum Gasteiger partial charge on any atom is -0.343 e. The van der Waals surface area contributed by atoms with Gasteiger partial charge in [-0.1, -0.05) is 6.07 Å². The van der Waals surface area contributed by atoms with Crippen molar-refractivity contribution in [2.24, 2.45) is 0 Å². The van der Waals surface area contributed by atoms with Gasteiger partial charge in [-0.2, -0.15) is 0 Å². The largest absolute Gasteiger partial charge is 0.343 e. The Morgan fingerprint density at radius 3 is 2.71 bits per heavy atom. The summed E-state index contributed by atoms with van der Waals surface area (Å²) in [4.78, 5) is 17.9. The third-order valence-corrected chi connectivity index (χ3v) is 3.15. The highest BCUT2D eigenvalue weighted by Crippen LogP contribution is 2.23. The summed E-state index contributed by atoms with van der Waals surface area (Å²) in [6, 6.07) is 5.75. The summed E-state index contributed by atoms with van der Waals surface area (Å²) in [5.74, 6) is 0.465. The Bertz CT molecular complexity index is 397. The summed E-state index contributed by atoms with van der Waals surface area (Å²) in [5.41, 5.74) is 1.60. The standard InChI is InChI=1S/C13H19N3O/c1-16(2)13(17)12-5-3-4-11(15-12)10-6-8-14-9-7-10/h3-5,10,14H,6-9H2,1-2H3. The molecule has 2 rings (SSSR count). The molecule has 0 aromatic carbocycles. The van der Waals surface area contributed by atoms with Gasteiger partial charge in [0, 0.05) is 25.7 Å². The minimum absolute atomic E-state index is 0.0271. The average molecular weight is 233 g/mol. The fraction of sp³-hybridized carbons (Fsp3) is 0.538. The van der Waals surface area contributed by atoms with Crippen LogP contribution in [0.4, 0.5) is 0 Å². The fourth-order valence-corrected chi connectivity index (χ4v) is 2.14. The van der Waals surface area contributed by atoms with E-state index in [1.165, 1.54) is 0 Å². The Kier molecular flexibility index (Phi) is 3.74. The first kappa shape index (κ1) is 12.0. The number of carbonyl (C=O) groups excluding carboxylic acids is 1. The van der Waals surface area contributed by atoms with Crippen molar-refractivity contribution in [1.82, 2.24) is 15.2 Å². The van der Waals surface area contributed by atoms with Crippen molar-refractivity contribution in [1.29, 1.82) is 0 Å². The van der Waals surface area contributed by atoms with Gasteiger partial charge >= 0.3 is 0 Å². The van der Waals surface area contributed by atoms with Crippen LogP contribution in [0.25, 0.3) is 0 Å². The van der Waals surface area contributed by atoms with Gasteiger partial charge < -0.3 is 10.2 Å². The number of carbonyl (C=O) groups is 1. The van der Waals surface area contributed by atoms with Gasteiger partial charge in [0.25, 0.3) is 5.91 Å². The Labute approximate surface area is 102 Å². The van der Waals surface area contributed by atoms with Gasteiger partial charge in [0.1, 0.15) is 5.69 Å². The van der Waals surface area contributed by atoms with Crippen LogP contribution in [0.5, 0.6) is 0 Å². The van der Waals surface area contributed by atoms with Crippen molar-refractivity contribution in [3.63, 3.8) is 0 Å². The number of piperidine rings is 1. The van der Waals surface area contributed by atoms with Gasteiger partial charge in [0.15, 0.2) is 0 Å². The molecule has 1 aromatic rings. The maximum absolute atomic E-state index is 11.8. The second-order valence-electron chi connectivity index (χ2n) is 4.67. The van der Waals surface area contributed by atoms with Crippen molar-refractivity contribution >= 4 is 5.91 Å². The third-order valence-electron chi connectivity index (χ3n) is 3.15. The van der Waals surface area contributed by atoms with Crippen LogP contribution in [-0.2, 0) is 0 Å². The van der Waals surface area contributed by atoms with Crippen LogP contribution < -0.4 is 5.32 Å². The molecule has 1 aliphatic rings. The SMILES string of the molecule is CN(C)C(=O)c1cccc(C2CCNCC2)n1. The lowest BCUT2D eigenvalue weighted by atomic mass is 9.94. The first-order valence-corrected chi connectivity index (χ1v) is 6.08. The topological polar surface area (TPSA) is 45.2 Å². The van der Waals surface area contributed by atoms with Gasteiger partial charge in [-0.15, -0.1) is 0 Å². The molecule has 1 amide bonds. The number of hydrogen-bond acceptors (Lipinski definition) is 3. The Balaban J connectivity index is 2.18. The number of pyridine rings is 1. The summed E-state index contributed by atoms with van der Waals surface area (Å²) in [5, 5.41) is 3.34. The molecule has 1 fully saturated rings. The summed E-state index contributed by atoms with van der Waals surface area (Å²) in [6.07, 6.45) is 2.21. The number of nitrogens with one attached hydrogen (secondary N) is 1. The van der Waals surface area contributed by atoms with Crippen molar-refractivity contribution in [3.8, 4) is 0 Å². The lowest BCUT2D eigenvalue weighted by Gasteiger charge is -2.22. The van der Waals surface area contributed by atoms with Gasteiger partial charge in [0.2, 0.25) is 0 Å². The quantitative estimate of drug-likeness (QED) is 0.836. The number of aromatic nitrogens is 1. The van der Waals surface area contributed by atoms with Crippen molar-refractivity contribution in [2.45, 2.75) is 18.8 Å². The zero-order valence-electron chi connectivity index (χ0n) is 10.4. The molecule has 0 radical (unpaired) electrons. The summed E-state index contributed by atoms with van der Waals surface area (Å²) in [7, 11) is 3.50. The number of nitrogens with zero attached hydrogens (tertiary/aromatic N) is 2. The molecule has 0 spiro atoms. The molecule has 4 nitrogen and oxygen atoms in total. The molecule has 2 heterocycles. The predicted molar refractivity (Wildman–Crippen MR) is 67.1 cm³/mol.